The highest BCUT2D eigenvalue weighted by atomic mass is 32.1. The van der Waals surface area contributed by atoms with Crippen LogP contribution in [0.4, 0.5) is 10.1 Å². The van der Waals surface area contributed by atoms with Gasteiger partial charge in [0.1, 0.15) is 5.00 Å². The fraction of sp³-hybridized carbons (Fsp3) is 0.500. The molecule has 0 atom stereocenters. The van der Waals surface area contributed by atoms with Gasteiger partial charge in [-0.2, -0.15) is 0 Å². The van der Waals surface area contributed by atoms with E-state index in [4.69, 9.17) is 5.73 Å². The Hall–Kier alpha value is -1.03. The van der Waals surface area contributed by atoms with Crippen LogP contribution in [0.2, 0.25) is 0 Å². The van der Waals surface area contributed by atoms with Crippen LogP contribution in [0.1, 0.15) is 25.7 Å². The second-order valence-corrected chi connectivity index (χ2v) is 4.59. The van der Waals surface area contributed by atoms with Crippen molar-refractivity contribution < 1.29 is 0 Å². The zero-order valence-corrected chi connectivity index (χ0v) is 8.94. The van der Waals surface area contributed by atoms with E-state index in [1.165, 1.54) is 42.6 Å². The number of nitrogens with one attached hydrogen (secondary N) is 1. The first-order chi connectivity index (χ1) is 6.84. The van der Waals surface area contributed by atoms with Gasteiger partial charge in [-0.15, -0.1) is 0 Å². The van der Waals surface area contributed by atoms with Crippen molar-refractivity contribution in [2.75, 3.05) is 17.6 Å². The zero-order valence-electron chi connectivity index (χ0n) is 8.12. The quantitative estimate of drug-likeness (QED) is 0.752. The molecule has 1 aromatic rings. The summed E-state index contributed by atoms with van der Waals surface area (Å²) in [6.45, 7) is 0.924. The van der Waals surface area contributed by atoms with E-state index in [0.717, 1.165) is 16.7 Å². The number of nitrogens with zero attached hydrogens (tertiary/aromatic N) is 1. The van der Waals surface area contributed by atoms with Crippen molar-refractivity contribution in [3.63, 3.8) is 0 Å². The summed E-state index contributed by atoms with van der Waals surface area (Å²) in [7, 11) is 0. The smallest absolute Gasteiger partial charge is 0.184 e. The molecule has 76 valence electrons. The fourth-order valence-corrected chi connectivity index (χ4v) is 2.20. The van der Waals surface area contributed by atoms with E-state index in [-0.39, 0.29) is 0 Å². The van der Waals surface area contributed by atoms with Crippen LogP contribution in [0.5, 0.6) is 0 Å². The Balaban J connectivity index is 1.84. The zero-order chi connectivity index (χ0) is 9.80. The Morgan fingerprint density at radius 2 is 2.43 bits per heavy atom. The average molecular weight is 209 g/mol. The molecule has 0 unspecified atom stereocenters. The first-order valence-electron chi connectivity index (χ1n) is 4.97. The highest BCUT2D eigenvalue weighted by molar-refractivity contribution is 7.19. The molecule has 14 heavy (non-hydrogen) atoms. The summed E-state index contributed by atoms with van der Waals surface area (Å²) in [4.78, 5) is 4.16. The van der Waals surface area contributed by atoms with Gasteiger partial charge in [0.15, 0.2) is 5.13 Å². The van der Waals surface area contributed by atoms with Crippen molar-refractivity contribution in [1.29, 1.82) is 0 Å². The number of thiazole rings is 1. The summed E-state index contributed by atoms with van der Waals surface area (Å²) in [5.74, 6) is 0. The SMILES string of the molecule is Nc1cnc(NCC2=CCCCC2)s1. The molecule has 1 heterocycles. The van der Waals surface area contributed by atoms with Gasteiger partial charge in [0.25, 0.3) is 0 Å². The molecule has 3 N–H and O–H groups in total. The number of rotatable bonds is 3. The Kier molecular flexibility index (Phi) is 3.03. The Bertz CT molecular complexity index is 330. The maximum atomic E-state index is 5.59. The lowest BCUT2D eigenvalue weighted by molar-refractivity contribution is 0.695. The van der Waals surface area contributed by atoms with Gasteiger partial charge >= 0.3 is 0 Å². The van der Waals surface area contributed by atoms with E-state index < -0.39 is 0 Å². The molecule has 3 nitrogen and oxygen atoms in total. The van der Waals surface area contributed by atoms with Gasteiger partial charge in [0.05, 0.1) is 6.20 Å². The van der Waals surface area contributed by atoms with Crippen LogP contribution in [0.15, 0.2) is 17.8 Å². The summed E-state index contributed by atoms with van der Waals surface area (Å²) in [5, 5.41) is 4.99. The first-order valence-corrected chi connectivity index (χ1v) is 5.79. The van der Waals surface area contributed by atoms with Crippen molar-refractivity contribution in [1.82, 2.24) is 4.98 Å². The topological polar surface area (TPSA) is 50.9 Å². The lowest BCUT2D eigenvalue weighted by Gasteiger charge is -2.12. The molecule has 4 heteroatoms. The van der Waals surface area contributed by atoms with Crippen molar-refractivity contribution in [2.45, 2.75) is 25.7 Å². The third-order valence-electron chi connectivity index (χ3n) is 2.38. The van der Waals surface area contributed by atoms with Gasteiger partial charge in [-0.05, 0) is 25.7 Å². The van der Waals surface area contributed by atoms with Crippen molar-refractivity contribution >= 4 is 21.5 Å². The monoisotopic (exact) mass is 209 g/mol. The molecular weight excluding hydrogens is 194 g/mol. The molecule has 0 saturated carbocycles. The molecule has 1 aromatic heterocycles. The van der Waals surface area contributed by atoms with Gasteiger partial charge in [0, 0.05) is 6.54 Å². The summed E-state index contributed by atoms with van der Waals surface area (Å²) in [6, 6.07) is 0. The number of nitrogen functional groups attached to an aromatic ring is 1. The number of nitrogens with two attached hydrogens (primary N) is 1. The highest BCUT2D eigenvalue weighted by Crippen LogP contribution is 2.21. The number of hydrogen-bond donors (Lipinski definition) is 2. The molecule has 0 spiro atoms. The molecule has 0 bridgehead atoms. The number of aromatic nitrogens is 1. The van der Waals surface area contributed by atoms with Crippen LogP contribution >= 0.6 is 11.3 Å². The van der Waals surface area contributed by atoms with Crippen LogP contribution in [0.25, 0.3) is 0 Å². The van der Waals surface area contributed by atoms with Crippen molar-refractivity contribution in [3.8, 4) is 0 Å². The molecule has 0 saturated heterocycles. The average Bonchev–Trinajstić information content (AvgIpc) is 2.63. The Labute approximate surface area is 88.0 Å². The lowest BCUT2D eigenvalue weighted by Crippen LogP contribution is -2.06. The number of allylic oxidation sites excluding steroid dienone is 1. The molecule has 0 radical (unpaired) electrons. The summed E-state index contributed by atoms with van der Waals surface area (Å²) >= 11 is 1.50. The van der Waals surface area contributed by atoms with Crippen molar-refractivity contribution in [3.05, 3.63) is 17.8 Å². The number of hydrogen-bond acceptors (Lipinski definition) is 4. The molecule has 0 aromatic carbocycles. The second-order valence-electron chi connectivity index (χ2n) is 3.53. The predicted octanol–water partition coefficient (Wildman–Crippen LogP) is 2.64. The van der Waals surface area contributed by atoms with Crippen LogP contribution in [0.3, 0.4) is 0 Å². The third-order valence-corrected chi connectivity index (χ3v) is 3.16. The summed E-state index contributed by atoms with van der Waals surface area (Å²) in [6.07, 6.45) is 9.17. The molecule has 1 aliphatic carbocycles. The van der Waals surface area contributed by atoms with Crippen LogP contribution in [0, 0.1) is 0 Å². The minimum atomic E-state index is 0.769. The summed E-state index contributed by atoms with van der Waals surface area (Å²) < 4.78 is 0. The van der Waals surface area contributed by atoms with Crippen LogP contribution in [-0.2, 0) is 0 Å². The minimum absolute atomic E-state index is 0.769. The standard InChI is InChI=1S/C10H15N3S/c11-9-7-13-10(14-9)12-6-8-4-2-1-3-5-8/h4,7H,1-3,5-6,11H2,(H,12,13). The van der Waals surface area contributed by atoms with Gasteiger partial charge in [-0.1, -0.05) is 23.0 Å². The maximum Gasteiger partial charge on any atom is 0.184 e. The minimum Gasteiger partial charge on any atom is -0.389 e. The normalized spacial score (nSPS) is 16.4. The fourth-order valence-electron chi connectivity index (χ4n) is 1.62. The van der Waals surface area contributed by atoms with Gasteiger partial charge in [-0.25, -0.2) is 4.98 Å². The molecule has 0 amide bonds. The second kappa shape index (κ2) is 4.46. The van der Waals surface area contributed by atoms with E-state index in [2.05, 4.69) is 16.4 Å². The molecule has 2 rings (SSSR count). The van der Waals surface area contributed by atoms with E-state index in [1.54, 1.807) is 6.20 Å². The van der Waals surface area contributed by atoms with Gasteiger partial charge < -0.3 is 11.1 Å². The van der Waals surface area contributed by atoms with E-state index >= 15 is 0 Å². The third kappa shape index (κ3) is 2.48. The highest BCUT2D eigenvalue weighted by Gasteiger charge is 2.04. The number of anilines is 2. The molecule has 0 fully saturated rings. The van der Waals surface area contributed by atoms with Crippen molar-refractivity contribution in [2.24, 2.45) is 0 Å². The summed E-state index contributed by atoms with van der Waals surface area (Å²) in [5.41, 5.74) is 7.09. The first kappa shape index (κ1) is 9.52. The van der Waals surface area contributed by atoms with E-state index in [9.17, 15) is 0 Å². The van der Waals surface area contributed by atoms with Gasteiger partial charge in [-0.3, -0.25) is 0 Å². The molecule has 0 aliphatic heterocycles. The van der Waals surface area contributed by atoms with Gasteiger partial charge in [0.2, 0.25) is 0 Å². The molecular formula is C10H15N3S. The molecule has 1 aliphatic rings. The maximum absolute atomic E-state index is 5.59. The van der Waals surface area contributed by atoms with Crippen LogP contribution < -0.4 is 11.1 Å². The Morgan fingerprint density at radius 1 is 1.50 bits per heavy atom. The van der Waals surface area contributed by atoms with E-state index in [0.29, 0.717) is 0 Å². The largest absolute Gasteiger partial charge is 0.389 e. The van der Waals surface area contributed by atoms with Crippen LogP contribution in [-0.4, -0.2) is 11.5 Å². The van der Waals surface area contributed by atoms with E-state index in [1.807, 2.05) is 0 Å². The Morgan fingerprint density at radius 3 is 3.07 bits per heavy atom. The lowest BCUT2D eigenvalue weighted by atomic mass is 10.00. The predicted molar refractivity (Wildman–Crippen MR) is 61.6 cm³/mol.